The summed E-state index contributed by atoms with van der Waals surface area (Å²) in [5, 5.41) is 1.10. The molecule has 0 bridgehead atoms. The summed E-state index contributed by atoms with van der Waals surface area (Å²) in [5.74, 6) is 2.36. The zero-order valence-corrected chi connectivity index (χ0v) is 21.0. The van der Waals surface area contributed by atoms with Crippen molar-refractivity contribution in [2.24, 2.45) is 0 Å². The van der Waals surface area contributed by atoms with Crippen LogP contribution in [-0.2, 0) is 24.2 Å². The molecule has 5 nitrogen and oxygen atoms in total. The van der Waals surface area contributed by atoms with Gasteiger partial charge in [0, 0.05) is 30.6 Å². The first-order chi connectivity index (χ1) is 16.5. The van der Waals surface area contributed by atoms with Crippen LogP contribution >= 0.6 is 11.8 Å². The Bertz CT molecular complexity index is 1070. The minimum Gasteiger partial charge on any atom is -0.497 e. The lowest BCUT2D eigenvalue weighted by Crippen LogP contribution is -2.08. The number of aryl methyl sites for hydroxylation is 1. The molecule has 0 radical (unpaired) electrons. The van der Waals surface area contributed by atoms with Crippen molar-refractivity contribution in [3.8, 4) is 11.5 Å². The van der Waals surface area contributed by atoms with Crippen molar-refractivity contribution in [2.45, 2.75) is 51.1 Å². The molecule has 0 aliphatic carbocycles. The molecule has 0 spiro atoms. The fraction of sp³-hybridized carbons (Fsp3) is 0.357. The van der Waals surface area contributed by atoms with Crippen LogP contribution in [0.4, 0.5) is 0 Å². The Morgan fingerprint density at radius 1 is 0.912 bits per heavy atom. The van der Waals surface area contributed by atoms with Gasteiger partial charge in [-0.2, -0.15) is 0 Å². The van der Waals surface area contributed by atoms with Crippen LogP contribution in [0.3, 0.4) is 0 Å². The van der Waals surface area contributed by atoms with Crippen molar-refractivity contribution < 1.29 is 19.1 Å². The Kier molecular flexibility index (Phi) is 9.83. The quantitative estimate of drug-likeness (QED) is 0.209. The molecular weight excluding hydrogens is 446 g/mol. The Morgan fingerprint density at radius 3 is 2.26 bits per heavy atom. The van der Waals surface area contributed by atoms with Crippen molar-refractivity contribution in [1.29, 1.82) is 0 Å². The summed E-state index contributed by atoms with van der Waals surface area (Å²) in [5.41, 5.74) is 2.92. The smallest absolute Gasteiger partial charge is 0.162 e. The average Bonchev–Trinajstić information content (AvgIpc) is 3.25. The van der Waals surface area contributed by atoms with E-state index in [0.29, 0.717) is 30.8 Å². The number of hydrogen-bond acceptors (Lipinski definition) is 5. The molecule has 0 saturated heterocycles. The minimum atomic E-state index is 0.145. The Morgan fingerprint density at radius 2 is 1.62 bits per heavy atom. The van der Waals surface area contributed by atoms with E-state index in [1.807, 2.05) is 55.5 Å². The zero-order chi connectivity index (χ0) is 24.3. The molecule has 1 heterocycles. The predicted octanol–water partition coefficient (Wildman–Crippen LogP) is 6.02. The number of rotatable bonds is 14. The number of ether oxygens (including phenoxy) is 2. The monoisotopic (exact) mass is 479 g/mol. The van der Waals surface area contributed by atoms with Gasteiger partial charge >= 0.3 is 0 Å². The number of benzene rings is 2. The molecule has 34 heavy (non-hydrogen) atoms. The fourth-order valence-electron chi connectivity index (χ4n) is 3.85. The highest BCUT2D eigenvalue weighted by molar-refractivity contribution is 7.99. The summed E-state index contributed by atoms with van der Waals surface area (Å²) in [6.45, 7) is 5.53. The van der Waals surface area contributed by atoms with E-state index in [9.17, 15) is 9.59 Å². The molecule has 2 aromatic carbocycles. The molecule has 0 amide bonds. The first-order valence-corrected chi connectivity index (χ1v) is 12.7. The maximum Gasteiger partial charge on any atom is 0.162 e. The van der Waals surface area contributed by atoms with Gasteiger partial charge in [0.2, 0.25) is 0 Å². The highest BCUT2D eigenvalue weighted by atomic mass is 32.2. The molecule has 0 unspecified atom stereocenters. The first-order valence-electron chi connectivity index (χ1n) is 11.8. The van der Waals surface area contributed by atoms with E-state index in [-0.39, 0.29) is 11.6 Å². The molecule has 0 atom stereocenters. The summed E-state index contributed by atoms with van der Waals surface area (Å²) < 4.78 is 12.8. The molecule has 0 saturated carbocycles. The van der Waals surface area contributed by atoms with Crippen LogP contribution in [0.5, 0.6) is 11.5 Å². The van der Waals surface area contributed by atoms with E-state index in [0.717, 1.165) is 41.5 Å². The molecule has 0 N–H and O–H groups in total. The van der Waals surface area contributed by atoms with E-state index >= 15 is 0 Å². The van der Waals surface area contributed by atoms with Crippen LogP contribution in [-0.4, -0.2) is 35.6 Å². The molecule has 0 fully saturated rings. The van der Waals surface area contributed by atoms with E-state index in [4.69, 9.17) is 9.47 Å². The molecule has 3 rings (SSSR count). The maximum absolute atomic E-state index is 12.5. The third kappa shape index (κ3) is 7.26. The van der Waals surface area contributed by atoms with Crippen LogP contribution in [0.1, 0.15) is 48.3 Å². The standard InChI is InChI=1S/C28H33NO4S/c1-4-29-23(7-6-8-27(31)22-11-16-25(32-3)17-12-22)13-18-28(29)34-20-24(30)19-21-9-14-26(15-10-21)33-5-2/h9-18H,4-8,19-20H2,1-3H3. The first kappa shape index (κ1) is 25.6. The highest BCUT2D eigenvalue weighted by Crippen LogP contribution is 2.24. The van der Waals surface area contributed by atoms with Crippen LogP contribution in [0.15, 0.2) is 65.7 Å². The Balaban J connectivity index is 1.48. The van der Waals surface area contributed by atoms with Gasteiger partial charge in [-0.15, -0.1) is 11.8 Å². The van der Waals surface area contributed by atoms with E-state index in [1.165, 1.54) is 5.69 Å². The summed E-state index contributed by atoms with van der Waals surface area (Å²) in [6.07, 6.45) is 2.54. The van der Waals surface area contributed by atoms with Crippen molar-refractivity contribution >= 4 is 23.3 Å². The van der Waals surface area contributed by atoms with Gasteiger partial charge in [-0.05, 0) is 80.8 Å². The van der Waals surface area contributed by atoms with Gasteiger partial charge in [-0.1, -0.05) is 12.1 Å². The number of aromatic nitrogens is 1. The number of nitrogens with zero attached hydrogens (tertiary/aromatic N) is 1. The van der Waals surface area contributed by atoms with Crippen LogP contribution in [0.2, 0.25) is 0 Å². The van der Waals surface area contributed by atoms with E-state index in [1.54, 1.807) is 18.9 Å². The van der Waals surface area contributed by atoms with E-state index < -0.39 is 0 Å². The SMILES string of the molecule is CCOc1ccc(CC(=O)CSc2ccc(CCCC(=O)c3ccc(OC)cc3)n2CC)cc1. The highest BCUT2D eigenvalue weighted by Gasteiger charge is 2.12. The number of hydrogen-bond donors (Lipinski definition) is 0. The Labute approximate surface area is 206 Å². The van der Waals surface area contributed by atoms with Crippen molar-refractivity contribution in [2.75, 3.05) is 19.5 Å². The van der Waals surface area contributed by atoms with Gasteiger partial charge in [0.05, 0.1) is 24.5 Å². The van der Waals surface area contributed by atoms with Gasteiger partial charge < -0.3 is 14.0 Å². The fourth-order valence-corrected chi connectivity index (χ4v) is 4.82. The lowest BCUT2D eigenvalue weighted by Gasteiger charge is -2.11. The van der Waals surface area contributed by atoms with Crippen LogP contribution in [0.25, 0.3) is 0 Å². The van der Waals surface area contributed by atoms with Crippen molar-refractivity contribution in [1.82, 2.24) is 4.57 Å². The number of methoxy groups -OCH3 is 1. The average molecular weight is 480 g/mol. The van der Waals surface area contributed by atoms with Gasteiger partial charge in [-0.25, -0.2) is 0 Å². The summed E-state index contributed by atoms with van der Waals surface area (Å²) in [7, 11) is 1.62. The summed E-state index contributed by atoms with van der Waals surface area (Å²) in [4.78, 5) is 25.0. The third-order valence-corrected chi connectivity index (χ3v) is 6.73. The number of carbonyl (C=O) groups excluding carboxylic acids is 2. The maximum atomic E-state index is 12.5. The number of thioether (sulfide) groups is 1. The van der Waals surface area contributed by atoms with Gasteiger partial charge in [0.15, 0.2) is 5.78 Å². The van der Waals surface area contributed by atoms with Crippen LogP contribution < -0.4 is 9.47 Å². The zero-order valence-electron chi connectivity index (χ0n) is 20.2. The lowest BCUT2D eigenvalue weighted by molar-refractivity contribution is -0.116. The molecule has 6 heteroatoms. The van der Waals surface area contributed by atoms with Crippen molar-refractivity contribution in [3.63, 3.8) is 0 Å². The molecule has 0 aliphatic heterocycles. The van der Waals surface area contributed by atoms with Gasteiger partial charge in [0.1, 0.15) is 17.3 Å². The second-order valence-corrected chi connectivity index (χ2v) is 8.99. The van der Waals surface area contributed by atoms with Crippen molar-refractivity contribution in [3.05, 3.63) is 77.5 Å². The largest absolute Gasteiger partial charge is 0.497 e. The molecule has 0 aliphatic rings. The predicted molar refractivity (Wildman–Crippen MR) is 137 cm³/mol. The molecule has 3 aromatic rings. The minimum absolute atomic E-state index is 0.145. The third-order valence-electron chi connectivity index (χ3n) is 5.61. The number of carbonyl (C=O) groups is 2. The van der Waals surface area contributed by atoms with Gasteiger partial charge in [0.25, 0.3) is 0 Å². The van der Waals surface area contributed by atoms with E-state index in [2.05, 4.69) is 23.6 Å². The Hall–Kier alpha value is -2.99. The topological polar surface area (TPSA) is 57.5 Å². The summed E-state index contributed by atoms with van der Waals surface area (Å²) >= 11 is 1.58. The number of ketones is 2. The molecule has 1 aromatic heterocycles. The second-order valence-electron chi connectivity index (χ2n) is 7.99. The summed E-state index contributed by atoms with van der Waals surface area (Å²) in [6, 6.07) is 19.2. The lowest BCUT2D eigenvalue weighted by atomic mass is 10.0. The second kappa shape index (κ2) is 13.0. The normalized spacial score (nSPS) is 10.8. The number of Topliss-reactive ketones (excluding diaryl/α,β-unsaturated/α-hetero) is 2. The van der Waals surface area contributed by atoms with Crippen LogP contribution in [0, 0.1) is 0 Å². The molecule has 180 valence electrons. The van der Waals surface area contributed by atoms with Gasteiger partial charge in [-0.3, -0.25) is 9.59 Å². The molecular formula is C28H33NO4S.